The number of rotatable bonds is 8. The molecule has 2 unspecified atom stereocenters. The predicted octanol–water partition coefficient (Wildman–Crippen LogP) is 8.35. The maximum atomic E-state index is 13.1. The standard InChI is InChI=1S/C41H68N2O4/c1-27(2)28-12-17-41(20-23-43-24-21-42-22-25-43)19-18-39(8)29(34(28)41)10-11-31-38(7)15-14-32(47-33(44)26-36(3,4)35(45)46)37(5,6)30(38)13-16-40(31,39)9/h28-32,34,42H,1,10-26H2,2-9H3,(H,45,46)/t28-,29+,30?,31?,32-,34+,38-,39+,40+,41+/m0/s1. The molecule has 47 heavy (non-hydrogen) atoms. The summed E-state index contributed by atoms with van der Waals surface area (Å²) in [4.78, 5) is 27.5. The van der Waals surface area contributed by atoms with Crippen molar-refractivity contribution >= 4 is 11.9 Å². The van der Waals surface area contributed by atoms with Gasteiger partial charge in [-0.05, 0) is 149 Å². The van der Waals surface area contributed by atoms with E-state index < -0.39 is 11.4 Å². The molecule has 266 valence electrons. The summed E-state index contributed by atoms with van der Waals surface area (Å²) >= 11 is 0. The molecule has 6 heteroatoms. The van der Waals surface area contributed by atoms with Crippen LogP contribution in [-0.4, -0.2) is 60.8 Å². The lowest BCUT2D eigenvalue weighted by atomic mass is 9.32. The third-order valence-corrected chi connectivity index (χ3v) is 16.8. The van der Waals surface area contributed by atoms with E-state index in [0.717, 1.165) is 37.8 Å². The second-order valence-electron chi connectivity index (χ2n) is 19.6. The molecule has 0 aromatic rings. The second-order valence-corrected chi connectivity index (χ2v) is 19.6. The first-order chi connectivity index (χ1) is 21.9. The number of allylic oxidation sites excluding steroid dienone is 1. The number of esters is 1. The zero-order valence-corrected chi connectivity index (χ0v) is 31.3. The molecule has 0 aromatic carbocycles. The van der Waals surface area contributed by atoms with Crippen molar-refractivity contribution in [3.63, 3.8) is 0 Å². The van der Waals surface area contributed by atoms with Crippen LogP contribution in [-0.2, 0) is 14.3 Å². The number of ether oxygens (including phenoxy) is 1. The predicted molar refractivity (Wildman–Crippen MR) is 189 cm³/mol. The summed E-state index contributed by atoms with van der Waals surface area (Å²) in [5.41, 5.74) is 1.51. The van der Waals surface area contributed by atoms with Gasteiger partial charge in [-0.3, -0.25) is 9.59 Å². The molecule has 6 aliphatic rings. The Kier molecular flexibility index (Phi) is 9.14. The third kappa shape index (κ3) is 5.56. The first-order valence-corrected chi connectivity index (χ1v) is 19.4. The molecule has 1 heterocycles. The molecule has 5 saturated carbocycles. The molecule has 6 rings (SSSR count). The Morgan fingerprint density at radius 3 is 2.26 bits per heavy atom. The maximum absolute atomic E-state index is 13.1. The van der Waals surface area contributed by atoms with Gasteiger partial charge >= 0.3 is 11.9 Å². The number of hydrogen-bond donors (Lipinski definition) is 2. The lowest BCUT2D eigenvalue weighted by Gasteiger charge is -2.73. The van der Waals surface area contributed by atoms with Crippen molar-refractivity contribution < 1.29 is 19.4 Å². The molecular formula is C41H68N2O4. The Bertz CT molecular complexity index is 1240. The number of piperazine rings is 1. The lowest BCUT2D eigenvalue weighted by molar-refractivity contribution is -0.250. The summed E-state index contributed by atoms with van der Waals surface area (Å²) in [5.74, 6) is 2.06. The minimum Gasteiger partial charge on any atom is -0.481 e. The number of nitrogens with one attached hydrogen (secondary N) is 1. The van der Waals surface area contributed by atoms with Crippen LogP contribution in [0, 0.1) is 62.1 Å². The Hall–Kier alpha value is -1.40. The van der Waals surface area contributed by atoms with Crippen LogP contribution in [0.2, 0.25) is 0 Å². The Morgan fingerprint density at radius 2 is 1.60 bits per heavy atom. The number of carbonyl (C=O) groups excluding carboxylic acids is 1. The SMILES string of the molecule is C=C(C)[C@@H]1CC[C@]2(CCN3CCNCC3)CC[C@]3(C)[C@H](CCC4[C@@]5(C)CC[C@H](OC(=O)CC(C)(C)C(=O)O)C(C)(C)C5CC[C@]43C)[C@@H]12. The molecule has 0 spiro atoms. The fourth-order valence-corrected chi connectivity index (χ4v) is 13.9. The van der Waals surface area contributed by atoms with Gasteiger partial charge in [0.15, 0.2) is 0 Å². The molecule has 10 atom stereocenters. The van der Waals surface area contributed by atoms with E-state index in [1.54, 1.807) is 13.8 Å². The fraction of sp³-hybridized carbons (Fsp3) is 0.902. The summed E-state index contributed by atoms with van der Waals surface area (Å²) in [6.45, 7) is 28.9. The van der Waals surface area contributed by atoms with E-state index in [0.29, 0.717) is 34.0 Å². The van der Waals surface area contributed by atoms with Crippen LogP contribution in [0.1, 0.15) is 132 Å². The molecule has 6 fully saturated rings. The van der Waals surface area contributed by atoms with Gasteiger partial charge in [-0.15, -0.1) is 0 Å². The number of hydrogen-bond acceptors (Lipinski definition) is 5. The van der Waals surface area contributed by atoms with E-state index in [-0.39, 0.29) is 29.3 Å². The third-order valence-electron chi connectivity index (χ3n) is 16.8. The van der Waals surface area contributed by atoms with Gasteiger partial charge in [-0.25, -0.2) is 0 Å². The van der Waals surface area contributed by atoms with Crippen molar-refractivity contribution in [3.8, 4) is 0 Å². The van der Waals surface area contributed by atoms with E-state index in [4.69, 9.17) is 4.74 Å². The van der Waals surface area contributed by atoms with Crippen LogP contribution in [0.25, 0.3) is 0 Å². The maximum Gasteiger partial charge on any atom is 0.309 e. The summed E-state index contributed by atoms with van der Waals surface area (Å²) in [7, 11) is 0. The first-order valence-electron chi connectivity index (χ1n) is 19.4. The smallest absolute Gasteiger partial charge is 0.309 e. The van der Waals surface area contributed by atoms with Crippen molar-refractivity contribution in [1.29, 1.82) is 0 Å². The molecule has 6 nitrogen and oxygen atoms in total. The average molecular weight is 653 g/mol. The molecule has 0 radical (unpaired) electrons. The van der Waals surface area contributed by atoms with Gasteiger partial charge in [0.25, 0.3) is 0 Å². The van der Waals surface area contributed by atoms with Crippen molar-refractivity contribution in [1.82, 2.24) is 10.2 Å². The molecule has 0 bridgehead atoms. The second kappa shape index (κ2) is 12.1. The molecular weight excluding hydrogens is 584 g/mol. The van der Waals surface area contributed by atoms with E-state index in [1.165, 1.54) is 83.0 Å². The Morgan fingerprint density at radius 1 is 0.894 bits per heavy atom. The lowest BCUT2D eigenvalue weighted by Crippen LogP contribution is -2.66. The van der Waals surface area contributed by atoms with Gasteiger partial charge in [-0.2, -0.15) is 0 Å². The van der Waals surface area contributed by atoms with Gasteiger partial charge in [0.05, 0.1) is 11.8 Å². The van der Waals surface area contributed by atoms with Crippen LogP contribution in [0.15, 0.2) is 12.2 Å². The van der Waals surface area contributed by atoms with Gasteiger partial charge in [0.1, 0.15) is 6.10 Å². The number of carboxylic acids is 1. The summed E-state index contributed by atoms with van der Waals surface area (Å²) in [6, 6.07) is 0. The van der Waals surface area contributed by atoms with E-state index >= 15 is 0 Å². The minimum absolute atomic E-state index is 0.0830. The molecule has 1 aliphatic heterocycles. The van der Waals surface area contributed by atoms with Gasteiger partial charge in [0.2, 0.25) is 0 Å². The number of fused-ring (bicyclic) bond motifs is 7. The number of nitrogens with zero attached hydrogens (tertiary/aromatic N) is 1. The quantitative estimate of drug-likeness (QED) is 0.203. The highest BCUT2D eigenvalue weighted by atomic mass is 16.5. The van der Waals surface area contributed by atoms with Crippen LogP contribution in [0.3, 0.4) is 0 Å². The van der Waals surface area contributed by atoms with Crippen LogP contribution < -0.4 is 5.32 Å². The van der Waals surface area contributed by atoms with E-state index in [1.807, 2.05) is 0 Å². The van der Waals surface area contributed by atoms with E-state index in [9.17, 15) is 14.7 Å². The summed E-state index contributed by atoms with van der Waals surface area (Å²) in [5, 5.41) is 13.1. The highest BCUT2D eigenvalue weighted by Gasteiger charge is 2.71. The van der Waals surface area contributed by atoms with Crippen molar-refractivity contribution in [2.24, 2.45) is 62.1 Å². The molecule has 1 saturated heterocycles. The van der Waals surface area contributed by atoms with Gasteiger partial charge in [0, 0.05) is 31.6 Å². The molecule has 2 N–H and O–H groups in total. The first kappa shape index (κ1) is 35.4. The minimum atomic E-state index is -1.11. The van der Waals surface area contributed by atoms with Crippen LogP contribution in [0.4, 0.5) is 0 Å². The van der Waals surface area contributed by atoms with Gasteiger partial charge in [-0.1, -0.05) is 46.8 Å². The topological polar surface area (TPSA) is 78.9 Å². The summed E-state index contributed by atoms with van der Waals surface area (Å²) in [6.07, 6.45) is 13.7. The largest absolute Gasteiger partial charge is 0.481 e. The molecule has 0 amide bonds. The number of aliphatic carboxylic acids is 1. The van der Waals surface area contributed by atoms with E-state index in [2.05, 4.69) is 58.3 Å². The highest BCUT2D eigenvalue weighted by molar-refractivity contribution is 5.81. The number of carbonyl (C=O) groups is 2. The van der Waals surface area contributed by atoms with Crippen LogP contribution in [0.5, 0.6) is 0 Å². The summed E-state index contributed by atoms with van der Waals surface area (Å²) < 4.78 is 6.20. The fourth-order valence-electron chi connectivity index (χ4n) is 13.9. The molecule has 5 aliphatic carbocycles. The number of carboxylic acid groups (broad SMARTS) is 1. The van der Waals surface area contributed by atoms with Crippen LogP contribution >= 0.6 is 0 Å². The average Bonchev–Trinajstić information content (AvgIpc) is 3.38. The van der Waals surface area contributed by atoms with Crippen molar-refractivity contribution in [2.45, 2.75) is 139 Å². The van der Waals surface area contributed by atoms with Gasteiger partial charge < -0.3 is 20.1 Å². The Balaban J connectivity index is 1.23. The zero-order valence-electron chi connectivity index (χ0n) is 31.3. The molecule has 0 aromatic heterocycles. The van der Waals surface area contributed by atoms with Crippen molar-refractivity contribution in [3.05, 3.63) is 12.2 Å². The van der Waals surface area contributed by atoms with Crippen molar-refractivity contribution in [2.75, 3.05) is 32.7 Å². The normalized spacial score (nSPS) is 44.8. The Labute approximate surface area is 286 Å². The monoisotopic (exact) mass is 653 g/mol. The zero-order chi connectivity index (χ0) is 34.2. The highest BCUT2D eigenvalue weighted by Crippen LogP contribution is 2.78.